The smallest absolute Gasteiger partial charge is 0.272 e. The van der Waals surface area contributed by atoms with E-state index in [0.29, 0.717) is 5.69 Å². The minimum Gasteiger partial charge on any atom is -0.369 e. The Morgan fingerprint density at radius 2 is 1.88 bits per heavy atom. The van der Waals surface area contributed by atoms with Crippen LogP contribution in [0.2, 0.25) is 10.0 Å². The minimum absolute atomic E-state index is 0.0608. The van der Waals surface area contributed by atoms with Crippen LogP contribution in [0.5, 0.6) is 0 Å². The van der Waals surface area contributed by atoms with E-state index >= 15 is 0 Å². The fraction of sp³-hybridized carbons (Fsp3) is 0.261. The zero-order valence-electron chi connectivity index (χ0n) is 17.6. The molecule has 1 aliphatic rings. The number of H-pyrrole nitrogens is 1. The van der Waals surface area contributed by atoms with E-state index < -0.39 is 17.5 Å². The lowest BCUT2D eigenvalue weighted by atomic mass is 10.0. The van der Waals surface area contributed by atoms with Crippen LogP contribution >= 0.6 is 23.2 Å². The van der Waals surface area contributed by atoms with E-state index in [2.05, 4.69) is 25.5 Å². The first kappa shape index (κ1) is 23.2. The Morgan fingerprint density at radius 3 is 2.61 bits per heavy atom. The molecular formula is C23H22Cl2FN5O2. The first-order valence-corrected chi connectivity index (χ1v) is 11.3. The Hall–Kier alpha value is -2.94. The van der Waals surface area contributed by atoms with Gasteiger partial charge in [-0.15, -0.1) is 0 Å². The van der Waals surface area contributed by atoms with Crippen LogP contribution in [0.25, 0.3) is 0 Å². The molecule has 3 N–H and O–H groups in total. The van der Waals surface area contributed by atoms with Crippen molar-refractivity contribution in [3.05, 3.63) is 75.4 Å². The molecule has 7 nitrogen and oxygen atoms in total. The van der Waals surface area contributed by atoms with Crippen molar-refractivity contribution in [1.29, 1.82) is 0 Å². The van der Waals surface area contributed by atoms with Crippen molar-refractivity contribution >= 4 is 46.4 Å². The Kier molecular flexibility index (Phi) is 7.27. The number of carbonyl (C=O) groups is 2. The third-order valence-electron chi connectivity index (χ3n) is 5.42. The maximum atomic E-state index is 14.3. The number of hydrogen-bond acceptors (Lipinski definition) is 5. The van der Waals surface area contributed by atoms with Gasteiger partial charge in [-0.25, -0.2) is 9.37 Å². The fourth-order valence-corrected chi connectivity index (χ4v) is 4.04. The third kappa shape index (κ3) is 5.52. The first-order chi connectivity index (χ1) is 15.9. The number of carbonyl (C=O) groups excluding carboxylic acids is 2. The Balaban J connectivity index is 1.36. The summed E-state index contributed by atoms with van der Waals surface area (Å²) >= 11 is 11.7. The van der Waals surface area contributed by atoms with Gasteiger partial charge in [-0.2, -0.15) is 0 Å². The van der Waals surface area contributed by atoms with Gasteiger partial charge in [-0.1, -0.05) is 23.2 Å². The van der Waals surface area contributed by atoms with Crippen LogP contribution in [-0.2, 0) is 0 Å². The van der Waals surface area contributed by atoms with Gasteiger partial charge in [0.15, 0.2) is 11.6 Å². The fourth-order valence-electron chi connectivity index (χ4n) is 3.66. The largest absolute Gasteiger partial charge is 0.369 e. The summed E-state index contributed by atoms with van der Waals surface area (Å²) < 4.78 is 14.3. The van der Waals surface area contributed by atoms with Gasteiger partial charge in [-0.05, 0) is 56.3 Å². The number of likely N-dealkylation sites (tertiary alicyclic amines) is 1. The quantitative estimate of drug-likeness (QED) is 0.311. The van der Waals surface area contributed by atoms with Gasteiger partial charge in [-0.3, -0.25) is 9.59 Å². The number of rotatable bonds is 8. The molecule has 33 heavy (non-hydrogen) atoms. The number of ketones is 1. The molecule has 1 fully saturated rings. The molecule has 1 amide bonds. The summed E-state index contributed by atoms with van der Waals surface area (Å²) in [6.45, 7) is 4.06. The molecule has 4 rings (SSSR count). The highest BCUT2D eigenvalue weighted by Gasteiger charge is 2.22. The standard InChI is InChI=1S/C23H22Cl2FN5O2/c24-16-4-5-17(25)21(26)20(16)22(32)14-11-18(28-12-14)23(33)30-15-3-6-19(29-13-15)27-7-10-31-8-1-2-9-31/h3-6,11-13,28H,1-2,7-10H2,(H,27,29)(H,30,33). The highest BCUT2D eigenvalue weighted by molar-refractivity contribution is 6.37. The Morgan fingerprint density at radius 1 is 1.12 bits per heavy atom. The normalized spacial score (nSPS) is 13.8. The van der Waals surface area contributed by atoms with Crippen molar-refractivity contribution in [2.45, 2.75) is 12.8 Å². The molecule has 0 unspecified atom stereocenters. The number of amides is 1. The highest BCUT2D eigenvalue weighted by atomic mass is 35.5. The van der Waals surface area contributed by atoms with E-state index in [4.69, 9.17) is 23.2 Å². The zero-order valence-corrected chi connectivity index (χ0v) is 19.1. The van der Waals surface area contributed by atoms with Gasteiger partial charge in [0.2, 0.25) is 0 Å². The summed E-state index contributed by atoms with van der Waals surface area (Å²) in [5, 5.41) is 5.71. The van der Waals surface area contributed by atoms with E-state index in [0.717, 1.165) is 32.0 Å². The second-order valence-corrected chi connectivity index (χ2v) is 8.53. The Bertz CT molecular complexity index is 1160. The van der Waals surface area contributed by atoms with Crippen LogP contribution in [-0.4, -0.2) is 52.7 Å². The molecule has 0 bridgehead atoms. The molecule has 0 saturated carbocycles. The molecule has 0 radical (unpaired) electrons. The van der Waals surface area contributed by atoms with Crippen molar-refractivity contribution in [3.8, 4) is 0 Å². The number of pyridine rings is 1. The van der Waals surface area contributed by atoms with Crippen molar-refractivity contribution in [2.75, 3.05) is 36.8 Å². The monoisotopic (exact) mass is 489 g/mol. The van der Waals surface area contributed by atoms with Gasteiger partial charge >= 0.3 is 0 Å². The SMILES string of the molecule is O=C(Nc1ccc(NCCN2CCCC2)nc1)c1cc(C(=O)c2c(Cl)ccc(Cl)c2F)c[nH]1. The predicted octanol–water partition coefficient (Wildman–Crippen LogP) is 4.85. The maximum Gasteiger partial charge on any atom is 0.272 e. The highest BCUT2D eigenvalue weighted by Crippen LogP contribution is 2.28. The molecule has 172 valence electrons. The van der Waals surface area contributed by atoms with Gasteiger partial charge in [0.05, 0.1) is 27.5 Å². The van der Waals surface area contributed by atoms with E-state index in [1.54, 1.807) is 18.3 Å². The molecule has 0 spiro atoms. The molecule has 10 heteroatoms. The lowest BCUT2D eigenvalue weighted by molar-refractivity contribution is 0.102. The van der Waals surface area contributed by atoms with E-state index in [1.165, 1.54) is 37.2 Å². The molecule has 0 aliphatic carbocycles. The molecule has 3 heterocycles. The summed E-state index contributed by atoms with van der Waals surface area (Å²) in [6, 6.07) is 7.47. The zero-order chi connectivity index (χ0) is 23.4. The Labute approximate surface area is 200 Å². The van der Waals surface area contributed by atoms with Gasteiger partial charge < -0.3 is 20.5 Å². The lowest BCUT2D eigenvalue weighted by Crippen LogP contribution is -2.26. The second kappa shape index (κ2) is 10.3. The first-order valence-electron chi connectivity index (χ1n) is 10.5. The second-order valence-electron chi connectivity index (χ2n) is 7.71. The van der Waals surface area contributed by atoms with Crippen molar-refractivity contribution in [3.63, 3.8) is 0 Å². The van der Waals surface area contributed by atoms with Gasteiger partial charge in [0.25, 0.3) is 5.91 Å². The summed E-state index contributed by atoms with van der Waals surface area (Å²) in [5.41, 5.74) is 0.368. The number of hydrogen-bond donors (Lipinski definition) is 3. The minimum atomic E-state index is -0.901. The van der Waals surface area contributed by atoms with Crippen LogP contribution < -0.4 is 10.6 Å². The number of nitrogens with zero attached hydrogens (tertiary/aromatic N) is 2. The number of aromatic amines is 1. The van der Waals surface area contributed by atoms with Crippen LogP contribution in [0.15, 0.2) is 42.7 Å². The van der Waals surface area contributed by atoms with Crippen molar-refractivity contribution in [2.24, 2.45) is 0 Å². The predicted molar refractivity (Wildman–Crippen MR) is 127 cm³/mol. The topological polar surface area (TPSA) is 90.1 Å². The molecule has 0 atom stereocenters. The van der Waals surface area contributed by atoms with Crippen LogP contribution in [0.3, 0.4) is 0 Å². The third-order valence-corrected chi connectivity index (χ3v) is 6.02. The van der Waals surface area contributed by atoms with Crippen molar-refractivity contribution in [1.82, 2.24) is 14.9 Å². The number of benzene rings is 1. The summed E-state index contributed by atoms with van der Waals surface area (Å²) in [4.78, 5) is 34.7. The summed E-state index contributed by atoms with van der Waals surface area (Å²) in [6.07, 6.45) is 5.38. The van der Waals surface area contributed by atoms with Crippen LogP contribution in [0, 0.1) is 5.82 Å². The lowest BCUT2D eigenvalue weighted by Gasteiger charge is -2.15. The molecule has 2 aromatic heterocycles. The van der Waals surface area contributed by atoms with Crippen molar-refractivity contribution < 1.29 is 14.0 Å². The number of anilines is 2. The number of nitrogens with one attached hydrogen (secondary N) is 3. The number of halogens is 3. The molecule has 1 saturated heterocycles. The maximum absolute atomic E-state index is 14.3. The van der Waals surface area contributed by atoms with Gasteiger partial charge in [0.1, 0.15) is 11.5 Å². The summed E-state index contributed by atoms with van der Waals surface area (Å²) in [5.74, 6) is -1.33. The van der Waals surface area contributed by atoms with Gasteiger partial charge in [0, 0.05) is 24.8 Å². The van der Waals surface area contributed by atoms with E-state index in [-0.39, 0.29) is 26.9 Å². The van der Waals surface area contributed by atoms with E-state index in [1.807, 2.05) is 0 Å². The average Bonchev–Trinajstić information content (AvgIpc) is 3.50. The molecule has 1 aliphatic heterocycles. The number of aromatic nitrogens is 2. The van der Waals surface area contributed by atoms with E-state index in [9.17, 15) is 14.0 Å². The molecular weight excluding hydrogens is 468 g/mol. The molecule has 1 aromatic carbocycles. The summed E-state index contributed by atoms with van der Waals surface area (Å²) in [7, 11) is 0. The average molecular weight is 490 g/mol. The van der Waals surface area contributed by atoms with Crippen LogP contribution in [0.1, 0.15) is 39.3 Å². The van der Waals surface area contributed by atoms with Crippen LogP contribution in [0.4, 0.5) is 15.9 Å². The molecule has 3 aromatic rings.